The molecule has 1 atom stereocenters. The average molecular weight is 658 g/mol. The molecule has 0 saturated carbocycles. The molecule has 0 aliphatic carbocycles. The molecule has 1 amide bonds. The average Bonchev–Trinajstić information content (AvgIpc) is 3.62. The van der Waals surface area contributed by atoms with Gasteiger partial charge in [-0.3, -0.25) is 14.7 Å². The molecule has 4 heterocycles. The number of benzene rings is 2. The first-order chi connectivity index (χ1) is 23.3. The maximum absolute atomic E-state index is 15.2. The number of carbonyl (C=O) groups is 1. The summed E-state index contributed by atoms with van der Waals surface area (Å²) in [6.07, 6.45) is -0.0642. The third-order valence-electron chi connectivity index (χ3n) is 8.79. The van der Waals surface area contributed by atoms with Crippen molar-refractivity contribution in [2.45, 2.75) is 24.5 Å². The standard InChI is InChI=1S/C34H37F2N9O3/c1-38-31(42-33(39-2)41-25-6-8-26(9-7-25)43-14-16-44(17-15-43)27-20-47-21-27)23-5-10-29(24(18-23)19-37)48-30-11-13-45(22-34(30,35)36)32(46)28-4-3-12-40-28/h3-10,12,18,27,30,40H,1,11,13-17,20-22H2,2H3,(H,39,41)/b42-31-. The van der Waals surface area contributed by atoms with Gasteiger partial charge in [0.05, 0.1) is 31.4 Å². The molecule has 2 aromatic carbocycles. The Balaban J connectivity index is 1.09. The second-order valence-corrected chi connectivity index (χ2v) is 11.8. The van der Waals surface area contributed by atoms with Crippen molar-refractivity contribution in [3.05, 3.63) is 77.6 Å². The number of nitrogens with one attached hydrogen (secondary N) is 2. The van der Waals surface area contributed by atoms with Crippen LogP contribution in [0.4, 0.5) is 20.2 Å². The predicted octanol–water partition coefficient (Wildman–Crippen LogP) is 3.88. The van der Waals surface area contributed by atoms with E-state index >= 15 is 8.78 Å². The minimum absolute atomic E-state index is 0.000420. The number of alkyl halides is 2. The Labute approximate surface area is 277 Å². The lowest BCUT2D eigenvalue weighted by Crippen LogP contribution is -2.56. The van der Waals surface area contributed by atoms with E-state index in [1.807, 2.05) is 18.2 Å². The highest BCUT2D eigenvalue weighted by molar-refractivity contribution is 6.10. The summed E-state index contributed by atoms with van der Waals surface area (Å²) in [6.45, 7) is 8.49. The van der Waals surface area contributed by atoms with Crippen LogP contribution in [0.25, 0.3) is 0 Å². The van der Waals surface area contributed by atoms with Crippen LogP contribution in [0, 0.1) is 11.3 Å². The number of piperidine rings is 1. The summed E-state index contributed by atoms with van der Waals surface area (Å²) in [5.41, 5.74) is 2.62. The smallest absolute Gasteiger partial charge is 0.301 e. The van der Waals surface area contributed by atoms with Crippen LogP contribution < -0.4 is 15.0 Å². The number of halogens is 2. The SMILES string of the molecule is C=N/C(=N\C(=N/C)Nc1ccc(N2CCN(C3COC3)CC2)cc1)c1ccc(OC2CCN(C(=O)c3ccc[nH]3)CC2(F)F)c(C#N)c1. The van der Waals surface area contributed by atoms with E-state index in [-0.39, 0.29) is 41.8 Å². The van der Waals surface area contributed by atoms with Crippen LogP contribution in [-0.2, 0) is 4.74 Å². The Kier molecular flexibility index (Phi) is 9.79. The summed E-state index contributed by atoms with van der Waals surface area (Å²) in [5.74, 6) is -3.40. The molecular weight excluding hydrogens is 620 g/mol. The molecule has 1 unspecified atom stereocenters. The van der Waals surface area contributed by atoms with Crippen LogP contribution >= 0.6 is 0 Å². The molecule has 1 aromatic heterocycles. The number of amidine groups is 1. The molecule has 48 heavy (non-hydrogen) atoms. The zero-order chi connectivity index (χ0) is 33.7. The number of nitriles is 1. The predicted molar refractivity (Wildman–Crippen MR) is 180 cm³/mol. The topological polar surface area (TPSA) is 134 Å². The molecule has 0 spiro atoms. The van der Waals surface area contributed by atoms with Gasteiger partial charge in [-0.15, -0.1) is 0 Å². The van der Waals surface area contributed by atoms with Crippen LogP contribution in [0.2, 0.25) is 0 Å². The van der Waals surface area contributed by atoms with Crippen molar-refractivity contribution < 1.29 is 23.0 Å². The van der Waals surface area contributed by atoms with E-state index in [1.54, 1.807) is 25.4 Å². The van der Waals surface area contributed by atoms with E-state index < -0.39 is 24.5 Å². The number of H-pyrrole nitrogens is 1. The number of carbonyl (C=O) groups excluding carboxylic acids is 1. The van der Waals surface area contributed by atoms with Gasteiger partial charge in [-0.1, -0.05) is 0 Å². The molecule has 3 aliphatic heterocycles. The molecule has 3 aromatic rings. The minimum Gasteiger partial charge on any atom is -0.483 e. The van der Waals surface area contributed by atoms with E-state index in [2.05, 4.69) is 53.9 Å². The fourth-order valence-corrected chi connectivity index (χ4v) is 5.97. The van der Waals surface area contributed by atoms with Crippen LogP contribution in [0.5, 0.6) is 5.75 Å². The number of hydrogen-bond donors (Lipinski definition) is 2. The number of aliphatic imine (C=N–C) groups is 3. The molecule has 3 saturated heterocycles. The molecule has 6 rings (SSSR count). The maximum atomic E-state index is 15.2. The normalized spacial score (nSPS) is 20.5. The Bertz CT molecular complexity index is 1710. The number of rotatable bonds is 7. The molecule has 0 bridgehead atoms. The lowest BCUT2D eigenvalue weighted by molar-refractivity contribution is -0.132. The number of anilines is 2. The number of ether oxygens (including phenoxy) is 2. The number of likely N-dealkylation sites (tertiary alicyclic amines) is 1. The second-order valence-electron chi connectivity index (χ2n) is 11.8. The van der Waals surface area contributed by atoms with E-state index in [1.165, 1.54) is 18.2 Å². The van der Waals surface area contributed by atoms with Gasteiger partial charge < -0.3 is 29.6 Å². The van der Waals surface area contributed by atoms with Crippen molar-refractivity contribution in [3.63, 3.8) is 0 Å². The third kappa shape index (κ3) is 7.22. The Morgan fingerprint density at radius 2 is 1.90 bits per heavy atom. The van der Waals surface area contributed by atoms with E-state index in [4.69, 9.17) is 9.47 Å². The largest absolute Gasteiger partial charge is 0.483 e. The molecule has 2 N–H and O–H groups in total. The summed E-state index contributed by atoms with van der Waals surface area (Å²) in [4.78, 5) is 34.1. The van der Waals surface area contributed by atoms with Gasteiger partial charge in [-0.05, 0) is 61.3 Å². The van der Waals surface area contributed by atoms with Crippen molar-refractivity contribution in [1.82, 2.24) is 14.8 Å². The van der Waals surface area contributed by atoms with E-state index in [9.17, 15) is 10.1 Å². The third-order valence-corrected chi connectivity index (χ3v) is 8.79. The van der Waals surface area contributed by atoms with Crippen molar-refractivity contribution in [1.29, 1.82) is 5.26 Å². The van der Waals surface area contributed by atoms with E-state index in [0.29, 0.717) is 11.6 Å². The summed E-state index contributed by atoms with van der Waals surface area (Å²) < 4.78 is 41.3. The highest BCUT2D eigenvalue weighted by Gasteiger charge is 2.48. The van der Waals surface area contributed by atoms with Gasteiger partial charge in [0.2, 0.25) is 5.96 Å². The van der Waals surface area contributed by atoms with Crippen LogP contribution in [0.1, 0.15) is 28.0 Å². The number of amides is 1. The van der Waals surface area contributed by atoms with Gasteiger partial charge in [0.25, 0.3) is 5.91 Å². The lowest BCUT2D eigenvalue weighted by Gasteiger charge is -2.43. The first kappa shape index (κ1) is 32.8. The molecule has 14 heteroatoms. The van der Waals surface area contributed by atoms with Crippen LogP contribution in [0.15, 0.2) is 75.8 Å². The number of nitrogens with zero attached hydrogens (tertiary/aromatic N) is 7. The molecular formula is C34H37F2N9O3. The fraction of sp³-hybridized carbons (Fsp3) is 0.382. The van der Waals surface area contributed by atoms with Gasteiger partial charge >= 0.3 is 5.92 Å². The summed E-state index contributed by atoms with van der Waals surface area (Å²) >= 11 is 0. The summed E-state index contributed by atoms with van der Waals surface area (Å²) in [6, 6.07) is 18.2. The zero-order valence-electron chi connectivity index (χ0n) is 26.6. The number of guanidine groups is 1. The van der Waals surface area contributed by atoms with E-state index in [0.717, 1.165) is 55.7 Å². The maximum Gasteiger partial charge on any atom is 0.301 e. The molecule has 3 aliphatic rings. The van der Waals surface area contributed by atoms with Gasteiger partial charge in [-0.2, -0.15) is 10.3 Å². The minimum atomic E-state index is -3.34. The molecule has 12 nitrogen and oxygen atoms in total. The van der Waals surface area contributed by atoms with Crippen molar-refractivity contribution >= 4 is 35.8 Å². The number of hydrogen-bond acceptors (Lipinski definition) is 7. The molecule has 250 valence electrons. The monoisotopic (exact) mass is 657 g/mol. The highest BCUT2D eigenvalue weighted by atomic mass is 19.3. The van der Waals surface area contributed by atoms with Crippen molar-refractivity contribution in [2.24, 2.45) is 15.0 Å². The Hall–Kier alpha value is -5.13. The zero-order valence-corrected chi connectivity index (χ0v) is 26.6. The molecule has 3 fully saturated rings. The van der Waals surface area contributed by atoms with Crippen molar-refractivity contribution in [3.8, 4) is 11.8 Å². The Morgan fingerprint density at radius 1 is 1.12 bits per heavy atom. The highest BCUT2D eigenvalue weighted by Crippen LogP contribution is 2.33. The molecule has 0 radical (unpaired) electrons. The number of aromatic amines is 1. The quantitative estimate of drug-likeness (QED) is 0.291. The lowest BCUT2D eigenvalue weighted by atomic mass is 10.0. The fourth-order valence-electron chi connectivity index (χ4n) is 5.97. The summed E-state index contributed by atoms with van der Waals surface area (Å²) in [5, 5.41) is 13.0. The van der Waals surface area contributed by atoms with Crippen LogP contribution in [0.3, 0.4) is 0 Å². The van der Waals surface area contributed by atoms with Crippen molar-refractivity contribution in [2.75, 3.05) is 69.7 Å². The van der Waals surface area contributed by atoms with Gasteiger partial charge in [0.1, 0.15) is 17.5 Å². The van der Waals surface area contributed by atoms with Gasteiger partial charge in [0, 0.05) is 69.3 Å². The summed E-state index contributed by atoms with van der Waals surface area (Å²) in [7, 11) is 1.59. The first-order valence-corrected chi connectivity index (χ1v) is 15.8. The van der Waals surface area contributed by atoms with Gasteiger partial charge in [0.15, 0.2) is 11.9 Å². The number of piperazine rings is 1. The Morgan fingerprint density at radius 3 is 2.50 bits per heavy atom. The van der Waals surface area contributed by atoms with Crippen LogP contribution in [-0.4, -0.2) is 117 Å². The second kappa shape index (κ2) is 14.3. The first-order valence-electron chi connectivity index (χ1n) is 15.8. The number of aromatic nitrogens is 1. The van der Waals surface area contributed by atoms with Gasteiger partial charge in [-0.25, -0.2) is 13.8 Å².